The van der Waals surface area contributed by atoms with E-state index in [4.69, 9.17) is 9.47 Å². The van der Waals surface area contributed by atoms with Crippen LogP contribution in [-0.2, 0) is 0 Å². The van der Waals surface area contributed by atoms with Crippen molar-refractivity contribution in [1.29, 1.82) is 0 Å². The molecule has 0 spiro atoms. The Balaban J connectivity index is 0.000000176. The van der Waals surface area contributed by atoms with Gasteiger partial charge in [0.2, 0.25) is 0 Å². The van der Waals surface area contributed by atoms with Gasteiger partial charge in [-0.15, -0.1) is 0 Å². The third kappa shape index (κ3) is 5.49. The van der Waals surface area contributed by atoms with Gasteiger partial charge in [0.1, 0.15) is 23.1 Å². The van der Waals surface area contributed by atoms with Gasteiger partial charge in [-0.05, 0) is 87.4 Å². The van der Waals surface area contributed by atoms with Gasteiger partial charge in [-0.1, -0.05) is 24.3 Å². The van der Waals surface area contributed by atoms with Crippen molar-refractivity contribution in [2.24, 2.45) is 0 Å². The summed E-state index contributed by atoms with van der Waals surface area (Å²) >= 11 is 0. The molecule has 0 aliphatic rings. The van der Waals surface area contributed by atoms with Crippen LogP contribution in [0.15, 0.2) is 84.9 Å². The number of imidazole rings is 2. The molecule has 6 rings (SSSR count). The number of rotatable bonds is 4. The first-order valence-corrected chi connectivity index (χ1v) is 12.6. The van der Waals surface area contributed by atoms with E-state index in [0.29, 0.717) is 0 Å². The molecular weight excluding hydrogens is 488 g/mol. The molecule has 7 nitrogen and oxygen atoms in total. The first kappa shape index (κ1) is 27.4. The zero-order valence-corrected chi connectivity index (χ0v) is 23.2. The minimum atomic E-state index is 0. The Morgan fingerprint density at radius 3 is 1.31 bits per heavy atom. The lowest BCUT2D eigenvalue weighted by Gasteiger charge is -2.08. The molecule has 0 atom stereocenters. The average molecular weight is 523 g/mol. The van der Waals surface area contributed by atoms with Crippen LogP contribution < -0.4 is 9.47 Å². The second kappa shape index (κ2) is 11.4. The van der Waals surface area contributed by atoms with Crippen molar-refractivity contribution < 1.29 is 14.9 Å². The topological polar surface area (TPSA) is 85.6 Å². The normalized spacial score (nSPS) is 10.6. The molecule has 0 radical (unpaired) electrons. The van der Waals surface area contributed by atoms with E-state index in [-0.39, 0.29) is 5.48 Å². The number of hydrogen-bond donors (Lipinski definition) is 0. The molecule has 0 fully saturated rings. The highest BCUT2D eigenvalue weighted by Crippen LogP contribution is 2.27. The van der Waals surface area contributed by atoms with Gasteiger partial charge in [-0.2, -0.15) is 0 Å². The van der Waals surface area contributed by atoms with Crippen molar-refractivity contribution in [3.05, 3.63) is 108 Å². The van der Waals surface area contributed by atoms with Crippen LogP contribution in [0.5, 0.6) is 11.5 Å². The highest BCUT2D eigenvalue weighted by molar-refractivity contribution is 5.81. The van der Waals surface area contributed by atoms with Crippen molar-refractivity contribution in [2.45, 2.75) is 27.7 Å². The quantitative estimate of drug-likeness (QED) is 0.265. The summed E-state index contributed by atoms with van der Waals surface area (Å²) in [5, 5.41) is 0. The highest BCUT2D eigenvalue weighted by atomic mass is 16.5. The molecule has 7 heteroatoms. The monoisotopic (exact) mass is 522 g/mol. The number of hydrogen-bond acceptors (Lipinski definition) is 4. The molecule has 6 aromatic rings. The number of ether oxygens (including phenoxy) is 2. The summed E-state index contributed by atoms with van der Waals surface area (Å²) in [7, 11) is 3.36. The molecule has 0 amide bonds. The fraction of sp³-hybridized carbons (Fsp3) is 0.188. The van der Waals surface area contributed by atoms with Gasteiger partial charge in [0.05, 0.1) is 36.3 Å². The summed E-state index contributed by atoms with van der Waals surface area (Å²) in [5.74, 6) is 3.66. The Morgan fingerprint density at radius 2 is 0.949 bits per heavy atom. The lowest BCUT2D eigenvalue weighted by molar-refractivity contribution is 0.415. The van der Waals surface area contributed by atoms with Gasteiger partial charge in [0, 0.05) is 23.5 Å². The molecule has 4 aromatic carbocycles. The maximum absolute atomic E-state index is 5.31. The first-order valence-electron chi connectivity index (χ1n) is 12.6. The van der Waals surface area contributed by atoms with E-state index < -0.39 is 0 Å². The van der Waals surface area contributed by atoms with Crippen LogP contribution in [0.1, 0.15) is 22.8 Å². The van der Waals surface area contributed by atoms with Crippen molar-refractivity contribution in [2.75, 3.05) is 14.2 Å². The Hall–Kier alpha value is -4.62. The van der Waals surface area contributed by atoms with Crippen molar-refractivity contribution in [1.82, 2.24) is 19.1 Å². The second-order valence-corrected chi connectivity index (χ2v) is 9.38. The highest BCUT2D eigenvalue weighted by Gasteiger charge is 2.11. The Kier molecular flexibility index (Phi) is 8.02. The van der Waals surface area contributed by atoms with Crippen LogP contribution in [0.25, 0.3) is 33.4 Å². The van der Waals surface area contributed by atoms with Crippen LogP contribution in [0.2, 0.25) is 0 Å². The molecule has 0 bridgehead atoms. The molecule has 200 valence electrons. The molecule has 0 unspecified atom stereocenters. The molecule has 0 aliphatic heterocycles. The van der Waals surface area contributed by atoms with E-state index in [2.05, 4.69) is 81.5 Å². The van der Waals surface area contributed by atoms with Crippen LogP contribution in [0, 0.1) is 27.7 Å². The van der Waals surface area contributed by atoms with Crippen molar-refractivity contribution in [3.63, 3.8) is 0 Å². The molecule has 2 N–H and O–H groups in total. The Bertz CT molecular complexity index is 1620. The lowest BCUT2D eigenvalue weighted by atomic mass is 10.2. The number of nitrogens with zero attached hydrogens (tertiary/aromatic N) is 4. The Morgan fingerprint density at radius 1 is 0.538 bits per heavy atom. The van der Waals surface area contributed by atoms with E-state index in [1.165, 1.54) is 11.1 Å². The molecule has 0 saturated carbocycles. The standard InChI is InChI=1S/2C16H16N2O.H2O/c2*1-11-5-4-6-13(9-11)18-12(2)17-15-8-7-14(19-3)10-16(15)18;/h2*4-10H,1-3H3;1H2. The smallest absolute Gasteiger partial charge is 0.121 e. The van der Waals surface area contributed by atoms with Gasteiger partial charge in [-0.3, -0.25) is 9.13 Å². The molecule has 39 heavy (non-hydrogen) atoms. The number of aryl methyl sites for hydroxylation is 4. The fourth-order valence-electron chi connectivity index (χ4n) is 4.79. The van der Waals surface area contributed by atoms with Gasteiger partial charge >= 0.3 is 0 Å². The van der Waals surface area contributed by atoms with E-state index in [9.17, 15) is 0 Å². The third-order valence-corrected chi connectivity index (χ3v) is 6.58. The predicted octanol–water partition coefficient (Wildman–Crippen LogP) is 6.48. The summed E-state index contributed by atoms with van der Waals surface area (Å²) in [6.45, 7) is 8.24. The summed E-state index contributed by atoms with van der Waals surface area (Å²) < 4.78 is 14.9. The van der Waals surface area contributed by atoms with Gasteiger partial charge in [0.25, 0.3) is 0 Å². The van der Waals surface area contributed by atoms with Crippen LogP contribution in [-0.4, -0.2) is 38.8 Å². The zero-order chi connectivity index (χ0) is 26.8. The minimum Gasteiger partial charge on any atom is -0.497 e. The SMILES string of the molecule is COc1ccc2nc(C)n(-c3cccc(C)c3)c2c1.COc1ccc2nc(C)n(-c3cccc(C)c3)c2c1.O. The number of benzene rings is 4. The lowest BCUT2D eigenvalue weighted by Crippen LogP contribution is -1.97. The zero-order valence-electron chi connectivity index (χ0n) is 23.2. The van der Waals surface area contributed by atoms with Gasteiger partial charge in [-0.25, -0.2) is 9.97 Å². The number of methoxy groups -OCH3 is 2. The summed E-state index contributed by atoms with van der Waals surface area (Å²) in [5.41, 5.74) is 8.86. The average Bonchev–Trinajstić information content (AvgIpc) is 3.42. The largest absolute Gasteiger partial charge is 0.497 e. The number of aromatic nitrogens is 4. The van der Waals surface area contributed by atoms with E-state index >= 15 is 0 Å². The van der Waals surface area contributed by atoms with Crippen molar-refractivity contribution >= 4 is 22.1 Å². The molecular formula is C32H34N4O3. The van der Waals surface area contributed by atoms with E-state index in [0.717, 1.165) is 56.6 Å². The first-order chi connectivity index (χ1) is 18.4. The van der Waals surface area contributed by atoms with E-state index in [1.807, 2.05) is 50.2 Å². The van der Waals surface area contributed by atoms with Crippen LogP contribution in [0.4, 0.5) is 0 Å². The van der Waals surface area contributed by atoms with Gasteiger partial charge in [0.15, 0.2) is 0 Å². The second-order valence-electron chi connectivity index (χ2n) is 9.38. The fourth-order valence-corrected chi connectivity index (χ4v) is 4.79. The molecule has 2 heterocycles. The Labute approximate surface area is 228 Å². The van der Waals surface area contributed by atoms with Gasteiger partial charge < -0.3 is 14.9 Å². The number of fused-ring (bicyclic) bond motifs is 2. The van der Waals surface area contributed by atoms with Crippen molar-refractivity contribution in [3.8, 4) is 22.9 Å². The summed E-state index contributed by atoms with van der Waals surface area (Å²) in [4.78, 5) is 9.20. The predicted molar refractivity (Wildman–Crippen MR) is 158 cm³/mol. The maximum atomic E-state index is 5.31. The maximum Gasteiger partial charge on any atom is 0.121 e. The van der Waals surface area contributed by atoms with Crippen LogP contribution >= 0.6 is 0 Å². The minimum absolute atomic E-state index is 0. The van der Waals surface area contributed by atoms with E-state index in [1.54, 1.807) is 14.2 Å². The molecule has 0 saturated heterocycles. The van der Waals surface area contributed by atoms with Crippen LogP contribution in [0.3, 0.4) is 0 Å². The third-order valence-electron chi connectivity index (χ3n) is 6.58. The summed E-state index contributed by atoms with van der Waals surface area (Å²) in [6.07, 6.45) is 0. The summed E-state index contributed by atoms with van der Waals surface area (Å²) in [6, 6.07) is 28.8. The molecule has 2 aromatic heterocycles. The molecule has 0 aliphatic carbocycles.